The fourth-order valence-corrected chi connectivity index (χ4v) is 1.49. The van der Waals surface area contributed by atoms with Crippen LogP contribution in [0.3, 0.4) is 0 Å². The maximum absolute atomic E-state index is 9.06. The maximum atomic E-state index is 9.06. The lowest BCUT2D eigenvalue weighted by Gasteiger charge is -2.09. The van der Waals surface area contributed by atoms with E-state index in [4.69, 9.17) is 21.4 Å². The third kappa shape index (κ3) is 3.40. The first-order chi connectivity index (χ1) is 6.77. The Morgan fingerprint density at radius 3 is 2.93 bits per heavy atom. The van der Waals surface area contributed by atoms with Gasteiger partial charge in [0.15, 0.2) is 0 Å². The van der Waals surface area contributed by atoms with E-state index in [9.17, 15) is 0 Å². The average Bonchev–Trinajstić information content (AvgIpc) is 2.20. The quantitative estimate of drug-likeness (QED) is 0.792. The van der Waals surface area contributed by atoms with E-state index in [1.54, 1.807) is 30.0 Å². The van der Waals surface area contributed by atoms with Crippen molar-refractivity contribution in [2.45, 2.75) is 6.61 Å². The second kappa shape index (κ2) is 6.17. The second-order valence-electron chi connectivity index (χ2n) is 2.75. The van der Waals surface area contributed by atoms with Gasteiger partial charge in [0.2, 0.25) is 0 Å². The summed E-state index contributed by atoms with van der Waals surface area (Å²) >= 11 is 7.51. The van der Waals surface area contributed by atoms with Crippen LogP contribution in [0.4, 0.5) is 0 Å². The van der Waals surface area contributed by atoms with Gasteiger partial charge in [0, 0.05) is 16.3 Å². The van der Waals surface area contributed by atoms with Gasteiger partial charge in [-0.05, 0) is 24.5 Å². The van der Waals surface area contributed by atoms with Crippen LogP contribution in [0.2, 0.25) is 5.02 Å². The molecule has 0 amide bonds. The Morgan fingerprint density at radius 2 is 2.29 bits per heavy atom. The van der Waals surface area contributed by atoms with Gasteiger partial charge in [-0.3, -0.25) is 0 Å². The van der Waals surface area contributed by atoms with E-state index < -0.39 is 0 Å². The summed E-state index contributed by atoms with van der Waals surface area (Å²) in [6, 6.07) is 5.26. The van der Waals surface area contributed by atoms with E-state index in [0.717, 1.165) is 11.3 Å². The predicted molar refractivity (Wildman–Crippen MR) is 61.3 cm³/mol. The van der Waals surface area contributed by atoms with Gasteiger partial charge >= 0.3 is 0 Å². The molecule has 0 radical (unpaired) electrons. The number of benzene rings is 1. The molecule has 1 rings (SSSR count). The Balaban J connectivity index is 2.65. The molecule has 0 unspecified atom stereocenters. The van der Waals surface area contributed by atoms with Crippen LogP contribution in [0.1, 0.15) is 5.56 Å². The van der Waals surface area contributed by atoms with E-state index in [2.05, 4.69) is 0 Å². The minimum Gasteiger partial charge on any atom is -0.492 e. The number of aliphatic hydroxyl groups excluding tert-OH is 1. The molecule has 0 atom stereocenters. The smallest absolute Gasteiger partial charge is 0.124 e. The number of hydrogen-bond acceptors (Lipinski definition) is 3. The largest absolute Gasteiger partial charge is 0.492 e. The molecule has 1 aromatic rings. The molecule has 0 aliphatic heterocycles. The predicted octanol–water partition coefficient (Wildman–Crippen LogP) is 2.57. The fourth-order valence-electron chi connectivity index (χ4n) is 1.05. The number of thioether (sulfide) groups is 1. The molecule has 2 nitrogen and oxygen atoms in total. The molecular formula is C10H13ClO2S. The summed E-state index contributed by atoms with van der Waals surface area (Å²) in [7, 11) is 0. The summed E-state index contributed by atoms with van der Waals surface area (Å²) in [5.74, 6) is 1.65. The molecule has 14 heavy (non-hydrogen) atoms. The van der Waals surface area contributed by atoms with Crippen molar-refractivity contribution in [2.75, 3.05) is 18.6 Å². The Hall–Kier alpha value is -0.380. The molecule has 0 aromatic heterocycles. The highest BCUT2D eigenvalue weighted by atomic mass is 35.5. The van der Waals surface area contributed by atoms with Crippen LogP contribution in [-0.4, -0.2) is 23.7 Å². The summed E-state index contributed by atoms with van der Waals surface area (Å²) in [4.78, 5) is 0. The summed E-state index contributed by atoms with van der Waals surface area (Å²) in [6.07, 6.45) is 2.03. The molecule has 0 saturated carbocycles. The van der Waals surface area contributed by atoms with Crippen LogP contribution in [0, 0.1) is 0 Å². The van der Waals surface area contributed by atoms with Crippen LogP contribution in [-0.2, 0) is 6.61 Å². The van der Waals surface area contributed by atoms with Crippen LogP contribution in [0.25, 0.3) is 0 Å². The summed E-state index contributed by atoms with van der Waals surface area (Å²) in [6.45, 7) is 0.602. The van der Waals surface area contributed by atoms with Crippen molar-refractivity contribution in [3.8, 4) is 5.75 Å². The van der Waals surface area contributed by atoms with E-state index in [1.807, 2.05) is 6.26 Å². The number of halogens is 1. The standard InChI is InChI=1S/C10H13ClO2S/c1-14-5-4-13-10-3-2-9(11)6-8(10)7-12/h2-3,6,12H,4-5,7H2,1H3. The number of aliphatic hydroxyl groups is 1. The Morgan fingerprint density at radius 1 is 1.50 bits per heavy atom. The molecule has 0 heterocycles. The molecule has 78 valence electrons. The maximum Gasteiger partial charge on any atom is 0.124 e. The van der Waals surface area contributed by atoms with E-state index in [1.165, 1.54) is 0 Å². The summed E-state index contributed by atoms with van der Waals surface area (Å²) in [5, 5.41) is 9.67. The average molecular weight is 233 g/mol. The Kier molecular flexibility index (Phi) is 5.15. The van der Waals surface area contributed by atoms with Crippen molar-refractivity contribution in [1.82, 2.24) is 0 Å². The lowest BCUT2D eigenvalue weighted by molar-refractivity contribution is 0.267. The minimum atomic E-state index is -0.0465. The van der Waals surface area contributed by atoms with Gasteiger partial charge in [0.05, 0.1) is 13.2 Å². The molecular weight excluding hydrogens is 220 g/mol. The minimum absolute atomic E-state index is 0.0465. The first-order valence-corrected chi connectivity index (χ1v) is 6.06. The molecule has 0 spiro atoms. The van der Waals surface area contributed by atoms with Crippen LogP contribution < -0.4 is 4.74 Å². The van der Waals surface area contributed by atoms with Gasteiger partial charge in [-0.15, -0.1) is 0 Å². The third-order valence-electron chi connectivity index (χ3n) is 1.74. The van der Waals surface area contributed by atoms with Crippen molar-refractivity contribution in [3.63, 3.8) is 0 Å². The van der Waals surface area contributed by atoms with E-state index in [-0.39, 0.29) is 6.61 Å². The number of hydrogen-bond donors (Lipinski definition) is 1. The van der Waals surface area contributed by atoms with Gasteiger partial charge < -0.3 is 9.84 Å². The van der Waals surface area contributed by atoms with Crippen molar-refractivity contribution in [2.24, 2.45) is 0 Å². The van der Waals surface area contributed by atoms with Crippen molar-refractivity contribution in [3.05, 3.63) is 28.8 Å². The molecule has 0 aliphatic rings. The molecule has 0 aliphatic carbocycles. The highest BCUT2D eigenvalue weighted by Crippen LogP contribution is 2.22. The number of ether oxygens (including phenoxy) is 1. The van der Waals surface area contributed by atoms with Crippen LogP contribution in [0.5, 0.6) is 5.75 Å². The molecule has 0 fully saturated rings. The monoisotopic (exact) mass is 232 g/mol. The highest BCUT2D eigenvalue weighted by Gasteiger charge is 2.02. The SMILES string of the molecule is CSCCOc1ccc(Cl)cc1CO. The lowest BCUT2D eigenvalue weighted by atomic mass is 10.2. The Labute approximate surface area is 93.2 Å². The summed E-state index contributed by atoms with van der Waals surface area (Å²) in [5.41, 5.74) is 0.735. The van der Waals surface area contributed by atoms with Crippen molar-refractivity contribution < 1.29 is 9.84 Å². The molecule has 0 saturated heterocycles. The summed E-state index contributed by atoms with van der Waals surface area (Å²) < 4.78 is 5.48. The van der Waals surface area contributed by atoms with E-state index >= 15 is 0 Å². The first kappa shape index (κ1) is 11.7. The second-order valence-corrected chi connectivity index (χ2v) is 4.17. The van der Waals surface area contributed by atoms with E-state index in [0.29, 0.717) is 17.4 Å². The van der Waals surface area contributed by atoms with Gasteiger partial charge in [0.1, 0.15) is 5.75 Å². The topological polar surface area (TPSA) is 29.5 Å². The normalized spacial score (nSPS) is 10.2. The van der Waals surface area contributed by atoms with Gasteiger partial charge in [-0.2, -0.15) is 11.8 Å². The first-order valence-electron chi connectivity index (χ1n) is 4.29. The number of rotatable bonds is 5. The van der Waals surface area contributed by atoms with Crippen molar-refractivity contribution >= 4 is 23.4 Å². The van der Waals surface area contributed by atoms with Gasteiger partial charge in [0.25, 0.3) is 0 Å². The van der Waals surface area contributed by atoms with Crippen LogP contribution in [0.15, 0.2) is 18.2 Å². The van der Waals surface area contributed by atoms with Gasteiger partial charge in [-0.25, -0.2) is 0 Å². The molecule has 1 N–H and O–H groups in total. The molecule has 0 bridgehead atoms. The third-order valence-corrected chi connectivity index (χ3v) is 2.55. The zero-order valence-corrected chi connectivity index (χ0v) is 9.57. The molecule has 4 heteroatoms. The lowest BCUT2D eigenvalue weighted by Crippen LogP contribution is -2.02. The van der Waals surface area contributed by atoms with Gasteiger partial charge in [-0.1, -0.05) is 11.6 Å². The van der Waals surface area contributed by atoms with Crippen molar-refractivity contribution in [1.29, 1.82) is 0 Å². The highest BCUT2D eigenvalue weighted by molar-refractivity contribution is 7.98. The fraction of sp³-hybridized carbons (Fsp3) is 0.400. The Bertz CT molecular complexity index is 291. The zero-order chi connectivity index (χ0) is 10.4. The van der Waals surface area contributed by atoms with Crippen LogP contribution >= 0.6 is 23.4 Å². The zero-order valence-electron chi connectivity index (χ0n) is 8.00. The molecule has 1 aromatic carbocycles.